The van der Waals surface area contributed by atoms with Gasteiger partial charge in [0.15, 0.2) is 0 Å². The summed E-state index contributed by atoms with van der Waals surface area (Å²) >= 11 is 1.55. The van der Waals surface area contributed by atoms with Gasteiger partial charge >= 0.3 is 0 Å². The molecule has 0 saturated heterocycles. The van der Waals surface area contributed by atoms with E-state index >= 15 is 0 Å². The summed E-state index contributed by atoms with van der Waals surface area (Å²) in [5.41, 5.74) is 5.11. The average molecular weight is 376 g/mol. The van der Waals surface area contributed by atoms with E-state index in [2.05, 4.69) is 24.0 Å². The third-order valence-corrected chi connectivity index (χ3v) is 5.33. The second-order valence-corrected chi connectivity index (χ2v) is 7.05. The van der Waals surface area contributed by atoms with Gasteiger partial charge in [0.2, 0.25) is 4.80 Å². The van der Waals surface area contributed by atoms with Crippen LogP contribution in [0.2, 0.25) is 0 Å². The molecule has 0 fully saturated rings. The van der Waals surface area contributed by atoms with E-state index in [-0.39, 0.29) is 0 Å². The zero-order valence-electron chi connectivity index (χ0n) is 15.4. The first-order valence-electron chi connectivity index (χ1n) is 8.64. The minimum atomic E-state index is 0.742. The molecule has 0 saturated carbocycles. The average Bonchev–Trinajstić information content (AvgIpc) is 3.19. The summed E-state index contributed by atoms with van der Waals surface area (Å²) in [4.78, 5) is 8.95. The summed E-state index contributed by atoms with van der Waals surface area (Å²) < 4.78 is 7.27. The predicted molar refractivity (Wildman–Crippen MR) is 111 cm³/mol. The Bertz CT molecular complexity index is 1200. The van der Waals surface area contributed by atoms with E-state index in [4.69, 9.17) is 14.8 Å². The van der Waals surface area contributed by atoms with Crippen LogP contribution in [0.5, 0.6) is 5.75 Å². The molecule has 2 aromatic heterocycles. The van der Waals surface area contributed by atoms with E-state index in [9.17, 15) is 0 Å². The highest BCUT2D eigenvalue weighted by atomic mass is 32.1. The van der Waals surface area contributed by atoms with Gasteiger partial charge in [-0.25, -0.2) is 9.67 Å². The van der Waals surface area contributed by atoms with Crippen LogP contribution in [0.4, 0.5) is 5.69 Å². The highest BCUT2D eigenvalue weighted by Crippen LogP contribution is 2.26. The van der Waals surface area contributed by atoms with Gasteiger partial charge in [0.25, 0.3) is 0 Å². The molecule has 0 radical (unpaired) electrons. The summed E-state index contributed by atoms with van der Waals surface area (Å²) in [7, 11) is 1.65. The molecule has 4 rings (SSSR count). The van der Waals surface area contributed by atoms with Gasteiger partial charge in [-0.05, 0) is 32.0 Å². The van der Waals surface area contributed by atoms with Gasteiger partial charge in [-0.1, -0.05) is 30.3 Å². The van der Waals surface area contributed by atoms with E-state index < -0.39 is 0 Å². The number of aromatic nitrogens is 2. The number of hydrogen-bond acceptors (Lipinski definition) is 4. The van der Waals surface area contributed by atoms with Gasteiger partial charge < -0.3 is 9.72 Å². The summed E-state index contributed by atoms with van der Waals surface area (Å²) in [6, 6.07) is 16.0. The normalized spacial score (nSPS) is 12.3. The van der Waals surface area contributed by atoms with Crippen molar-refractivity contribution >= 4 is 34.1 Å². The van der Waals surface area contributed by atoms with E-state index in [1.54, 1.807) is 18.4 Å². The summed E-state index contributed by atoms with van der Waals surface area (Å²) in [5, 5.41) is 7.93. The van der Waals surface area contributed by atoms with Crippen LogP contribution >= 0.6 is 11.3 Å². The summed E-state index contributed by atoms with van der Waals surface area (Å²) in [5.74, 6) is 0.742. The molecule has 0 bridgehead atoms. The highest BCUT2D eigenvalue weighted by molar-refractivity contribution is 7.07. The van der Waals surface area contributed by atoms with Crippen molar-refractivity contribution in [1.82, 2.24) is 9.66 Å². The van der Waals surface area contributed by atoms with Gasteiger partial charge in [-0.2, -0.15) is 5.10 Å². The molecule has 1 N–H and O–H groups in total. The maximum atomic E-state index is 5.41. The molecule has 4 aromatic rings. The van der Waals surface area contributed by atoms with Gasteiger partial charge in [0, 0.05) is 27.5 Å². The molecular formula is C21H20N4OS. The molecule has 0 aliphatic carbocycles. The van der Waals surface area contributed by atoms with Crippen molar-refractivity contribution in [3.05, 3.63) is 75.7 Å². The molecule has 0 unspecified atom stereocenters. The lowest BCUT2D eigenvalue weighted by Crippen LogP contribution is -2.11. The Morgan fingerprint density at radius 2 is 1.85 bits per heavy atom. The second-order valence-electron chi connectivity index (χ2n) is 6.21. The fraction of sp³-hybridized carbons (Fsp3) is 0.143. The van der Waals surface area contributed by atoms with Gasteiger partial charge in [0.05, 0.1) is 19.0 Å². The number of nitrogens with zero attached hydrogens (tertiary/aromatic N) is 3. The number of para-hydroxylation sites is 3. The van der Waals surface area contributed by atoms with Crippen molar-refractivity contribution in [3.8, 4) is 5.75 Å². The van der Waals surface area contributed by atoms with Crippen LogP contribution in [0.15, 0.2) is 64.0 Å². The number of rotatable bonds is 4. The molecule has 2 heterocycles. The molecule has 0 spiro atoms. The minimum Gasteiger partial charge on any atom is -0.494 e. The Morgan fingerprint density at radius 1 is 1.07 bits per heavy atom. The Balaban J connectivity index is 1.79. The Kier molecular flexibility index (Phi) is 4.64. The SMILES string of the molecule is COc1ccccc1N=c1scc(C)n1N=Cc1c(C)[nH]c2ccccc12. The summed E-state index contributed by atoms with van der Waals surface area (Å²) in [6.07, 6.45) is 1.90. The van der Waals surface area contributed by atoms with Crippen molar-refractivity contribution in [2.45, 2.75) is 13.8 Å². The number of hydrogen-bond donors (Lipinski definition) is 1. The Morgan fingerprint density at radius 3 is 2.70 bits per heavy atom. The molecule has 6 heteroatoms. The summed E-state index contributed by atoms with van der Waals surface area (Å²) in [6.45, 7) is 4.09. The largest absolute Gasteiger partial charge is 0.494 e. The molecule has 2 aromatic carbocycles. The number of aromatic amines is 1. The highest BCUT2D eigenvalue weighted by Gasteiger charge is 2.07. The number of methoxy groups -OCH3 is 1. The van der Waals surface area contributed by atoms with Crippen LogP contribution in [0.3, 0.4) is 0 Å². The Hall–Kier alpha value is -3.12. The van der Waals surface area contributed by atoms with Crippen molar-refractivity contribution in [1.29, 1.82) is 0 Å². The molecule has 0 aliphatic rings. The monoisotopic (exact) mass is 376 g/mol. The number of H-pyrrole nitrogens is 1. The first-order valence-corrected chi connectivity index (χ1v) is 9.52. The van der Waals surface area contributed by atoms with E-state index in [0.29, 0.717) is 0 Å². The molecule has 0 aliphatic heterocycles. The Labute approximate surface area is 161 Å². The first-order chi connectivity index (χ1) is 13.2. The van der Waals surface area contributed by atoms with Crippen molar-refractivity contribution in [3.63, 3.8) is 0 Å². The van der Waals surface area contributed by atoms with Crippen LogP contribution in [-0.2, 0) is 0 Å². The van der Waals surface area contributed by atoms with Crippen molar-refractivity contribution in [2.75, 3.05) is 7.11 Å². The standard InChI is InChI=1S/C21H20N4OS/c1-14-13-27-21(24-19-10-6-7-11-20(19)26-3)25(14)22-12-17-15(2)23-18-9-5-4-8-16(17)18/h4-13,23H,1-3H3. The molecule has 27 heavy (non-hydrogen) atoms. The van der Waals surface area contributed by atoms with E-state index in [1.165, 1.54) is 0 Å². The predicted octanol–water partition coefficient (Wildman–Crippen LogP) is 4.77. The molecule has 5 nitrogen and oxygen atoms in total. The van der Waals surface area contributed by atoms with E-state index in [1.807, 2.05) is 59.6 Å². The molecular weight excluding hydrogens is 356 g/mol. The van der Waals surface area contributed by atoms with E-state index in [0.717, 1.165) is 44.1 Å². The third kappa shape index (κ3) is 3.31. The smallest absolute Gasteiger partial charge is 0.211 e. The number of benzene rings is 2. The van der Waals surface area contributed by atoms with Crippen molar-refractivity contribution < 1.29 is 4.74 Å². The quantitative estimate of drug-likeness (QED) is 0.513. The fourth-order valence-corrected chi connectivity index (χ4v) is 3.83. The van der Waals surface area contributed by atoms with Crippen LogP contribution in [-0.4, -0.2) is 23.0 Å². The van der Waals surface area contributed by atoms with Crippen LogP contribution in [0.25, 0.3) is 10.9 Å². The van der Waals surface area contributed by atoms with Gasteiger partial charge in [-0.3, -0.25) is 0 Å². The number of ether oxygens (including phenoxy) is 1. The molecule has 0 atom stereocenters. The maximum absolute atomic E-state index is 5.41. The van der Waals surface area contributed by atoms with Gasteiger partial charge in [0.1, 0.15) is 11.4 Å². The lowest BCUT2D eigenvalue weighted by Gasteiger charge is -2.03. The molecule has 0 amide bonds. The lowest BCUT2D eigenvalue weighted by atomic mass is 10.1. The first kappa shape index (κ1) is 17.3. The van der Waals surface area contributed by atoms with Crippen LogP contribution < -0.4 is 9.54 Å². The number of thiazole rings is 1. The minimum absolute atomic E-state index is 0.742. The number of nitrogens with one attached hydrogen (secondary N) is 1. The molecule has 136 valence electrons. The maximum Gasteiger partial charge on any atom is 0.211 e. The zero-order chi connectivity index (χ0) is 18.8. The fourth-order valence-electron chi connectivity index (χ4n) is 3.01. The third-order valence-electron chi connectivity index (χ3n) is 4.40. The second kappa shape index (κ2) is 7.25. The van der Waals surface area contributed by atoms with Crippen LogP contribution in [0.1, 0.15) is 17.0 Å². The number of aryl methyl sites for hydroxylation is 2. The topological polar surface area (TPSA) is 54.7 Å². The van der Waals surface area contributed by atoms with Crippen molar-refractivity contribution in [2.24, 2.45) is 10.1 Å². The van der Waals surface area contributed by atoms with Crippen LogP contribution in [0, 0.1) is 13.8 Å². The van der Waals surface area contributed by atoms with Gasteiger partial charge in [-0.15, -0.1) is 11.3 Å². The zero-order valence-corrected chi connectivity index (χ0v) is 16.2. The lowest BCUT2D eigenvalue weighted by molar-refractivity contribution is 0.416. The number of fused-ring (bicyclic) bond motifs is 1.